The zero-order valence-electron chi connectivity index (χ0n) is 12.7. The number of carbonyl (C=O) groups excluding carboxylic acids is 1. The minimum atomic E-state index is -1.16. The van der Waals surface area contributed by atoms with Gasteiger partial charge in [0, 0.05) is 25.6 Å². The van der Waals surface area contributed by atoms with Gasteiger partial charge in [-0.1, -0.05) is 38.5 Å². The molecule has 0 spiro atoms. The van der Waals surface area contributed by atoms with E-state index in [4.69, 9.17) is 9.47 Å². The highest BCUT2D eigenvalue weighted by atomic mass is 16.7. The number of hydrogen-bond acceptors (Lipinski definition) is 3. The lowest BCUT2D eigenvalue weighted by molar-refractivity contribution is -0.250. The van der Waals surface area contributed by atoms with Crippen molar-refractivity contribution in [1.29, 1.82) is 0 Å². The Kier molecular flexibility index (Phi) is 3.27. The quantitative estimate of drug-likeness (QED) is 0.568. The number of ketones is 1. The Morgan fingerprint density at radius 1 is 1.21 bits per heavy atom. The van der Waals surface area contributed by atoms with Crippen molar-refractivity contribution in [2.75, 3.05) is 14.2 Å². The van der Waals surface area contributed by atoms with E-state index < -0.39 is 5.79 Å². The van der Waals surface area contributed by atoms with Gasteiger partial charge in [-0.25, -0.2) is 0 Å². The van der Waals surface area contributed by atoms with Crippen LogP contribution in [0.2, 0.25) is 0 Å². The molecule has 106 valence electrons. The molecule has 0 aliphatic heterocycles. The van der Waals surface area contributed by atoms with E-state index in [1.807, 2.05) is 6.08 Å². The molecule has 0 aromatic carbocycles. The second kappa shape index (κ2) is 4.29. The highest BCUT2D eigenvalue weighted by molar-refractivity contribution is 5.97. The monoisotopic (exact) mass is 264 g/mol. The molecule has 2 aliphatic carbocycles. The first-order valence-corrected chi connectivity index (χ1v) is 6.76. The van der Waals surface area contributed by atoms with E-state index in [2.05, 4.69) is 33.8 Å². The fourth-order valence-corrected chi connectivity index (χ4v) is 3.78. The van der Waals surface area contributed by atoms with Crippen molar-refractivity contribution < 1.29 is 14.3 Å². The minimum Gasteiger partial charge on any atom is -0.346 e. The van der Waals surface area contributed by atoms with Gasteiger partial charge in [-0.05, 0) is 24.8 Å². The lowest BCUT2D eigenvalue weighted by atomic mass is 9.51. The van der Waals surface area contributed by atoms with E-state index in [0.717, 1.165) is 6.42 Å². The molecule has 0 aromatic rings. The Labute approximate surface area is 115 Å². The van der Waals surface area contributed by atoms with Gasteiger partial charge in [0.1, 0.15) is 0 Å². The van der Waals surface area contributed by atoms with Crippen LogP contribution < -0.4 is 0 Å². The number of methoxy groups -OCH3 is 2. The van der Waals surface area contributed by atoms with Crippen LogP contribution in [0.15, 0.2) is 23.8 Å². The highest BCUT2D eigenvalue weighted by Crippen LogP contribution is 2.58. The Hall–Kier alpha value is -0.930. The molecule has 0 saturated carbocycles. The van der Waals surface area contributed by atoms with E-state index in [9.17, 15) is 4.79 Å². The van der Waals surface area contributed by atoms with Gasteiger partial charge in [0.2, 0.25) is 11.6 Å². The lowest BCUT2D eigenvalue weighted by Gasteiger charge is -2.56. The van der Waals surface area contributed by atoms with E-state index in [1.165, 1.54) is 5.57 Å². The van der Waals surface area contributed by atoms with Crippen LogP contribution in [-0.4, -0.2) is 25.8 Å². The summed E-state index contributed by atoms with van der Waals surface area (Å²) in [5, 5.41) is 0. The van der Waals surface area contributed by atoms with Crippen molar-refractivity contribution in [1.82, 2.24) is 0 Å². The lowest BCUT2D eigenvalue weighted by Crippen LogP contribution is -2.60. The molecule has 2 aliphatic rings. The molecule has 0 N–H and O–H groups in total. The summed E-state index contributed by atoms with van der Waals surface area (Å²) >= 11 is 0. The minimum absolute atomic E-state index is 0.00694. The van der Waals surface area contributed by atoms with Crippen LogP contribution in [0, 0.1) is 16.7 Å². The van der Waals surface area contributed by atoms with Gasteiger partial charge in [0.25, 0.3) is 0 Å². The fourth-order valence-electron chi connectivity index (χ4n) is 3.78. The van der Waals surface area contributed by atoms with Gasteiger partial charge < -0.3 is 9.47 Å². The summed E-state index contributed by atoms with van der Waals surface area (Å²) in [7, 11) is 3.11. The molecule has 3 heteroatoms. The average Bonchev–Trinajstić information content (AvgIpc) is 2.33. The van der Waals surface area contributed by atoms with E-state index in [1.54, 1.807) is 20.3 Å². The highest BCUT2D eigenvalue weighted by Gasteiger charge is 2.60. The summed E-state index contributed by atoms with van der Waals surface area (Å²) in [5.74, 6) is -1.26. The van der Waals surface area contributed by atoms with Crippen molar-refractivity contribution >= 4 is 5.78 Å². The number of ether oxygens (including phenoxy) is 2. The number of allylic oxidation sites excluding steroid dienone is 3. The first-order chi connectivity index (χ1) is 8.73. The Balaban J connectivity index is 2.65. The largest absolute Gasteiger partial charge is 0.346 e. The molecule has 0 heterocycles. The molecule has 0 saturated heterocycles. The molecule has 3 nitrogen and oxygen atoms in total. The molecule has 19 heavy (non-hydrogen) atoms. The van der Waals surface area contributed by atoms with Crippen LogP contribution in [0.1, 0.15) is 34.1 Å². The first kappa shape index (κ1) is 14.5. The summed E-state index contributed by atoms with van der Waals surface area (Å²) in [6.45, 7) is 8.72. The van der Waals surface area contributed by atoms with Crippen molar-refractivity contribution in [3.05, 3.63) is 23.8 Å². The van der Waals surface area contributed by atoms with Crippen molar-refractivity contribution in [3.8, 4) is 0 Å². The smallest absolute Gasteiger partial charge is 0.236 e. The van der Waals surface area contributed by atoms with Crippen LogP contribution in [0.25, 0.3) is 0 Å². The summed E-state index contributed by atoms with van der Waals surface area (Å²) in [6, 6.07) is 0. The predicted molar refractivity (Wildman–Crippen MR) is 74.6 cm³/mol. The average molecular weight is 264 g/mol. The molecule has 2 rings (SSSR count). The van der Waals surface area contributed by atoms with Gasteiger partial charge in [0.15, 0.2) is 0 Å². The molecule has 0 bridgehead atoms. The van der Waals surface area contributed by atoms with Crippen LogP contribution in [0.3, 0.4) is 0 Å². The second-order valence-corrected chi connectivity index (χ2v) is 6.53. The summed E-state index contributed by atoms with van der Waals surface area (Å²) < 4.78 is 11.1. The molecule has 2 atom stereocenters. The van der Waals surface area contributed by atoms with E-state index in [-0.39, 0.29) is 22.5 Å². The Bertz CT molecular complexity index is 455. The maximum Gasteiger partial charge on any atom is 0.236 e. The number of carbonyl (C=O) groups is 1. The van der Waals surface area contributed by atoms with Crippen molar-refractivity contribution in [2.24, 2.45) is 16.7 Å². The maximum atomic E-state index is 12.3. The molecule has 0 aromatic heterocycles. The SMILES string of the molecule is COC1(OC)C(=O)C=C[C@@]2(C)[C@@H]1CC(C)=CC2(C)C. The third kappa shape index (κ3) is 1.75. The molecule has 0 fully saturated rings. The third-order valence-electron chi connectivity index (χ3n) is 5.24. The zero-order chi connectivity index (χ0) is 14.5. The third-order valence-corrected chi connectivity index (χ3v) is 5.24. The van der Waals surface area contributed by atoms with E-state index in [0.29, 0.717) is 0 Å². The number of hydrogen-bond donors (Lipinski definition) is 0. The van der Waals surface area contributed by atoms with Gasteiger partial charge >= 0.3 is 0 Å². The topological polar surface area (TPSA) is 35.5 Å². The van der Waals surface area contributed by atoms with Crippen molar-refractivity contribution in [3.63, 3.8) is 0 Å². The van der Waals surface area contributed by atoms with Gasteiger partial charge in [-0.3, -0.25) is 4.79 Å². The summed E-state index contributed by atoms with van der Waals surface area (Å²) in [4.78, 5) is 12.3. The van der Waals surface area contributed by atoms with Crippen LogP contribution in [0.5, 0.6) is 0 Å². The predicted octanol–water partition coefficient (Wildman–Crippen LogP) is 3.11. The number of rotatable bonds is 2. The fraction of sp³-hybridized carbons (Fsp3) is 0.688. The van der Waals surface area contributed by atoms with Gasteiger partial charge in [-0.2, -0.15) is 0 Å². The van der Waals surface area contributed by atoms with E-state index >= 15 is 0 Å². The van der Waals surface area contributed by atoms with Crippen LogP contribution >= 0.6 is 0 Å². The Morgan fingerprint density at radius 3 is 2.32 bits per heavy atom. The second-order valence-electron chi connectivity index (χ2n) is 6.53. The van der Waals surface area contributed by atoms with Gasteiger partial charge in [0.05, 0.1) is 0 Å². The molecule has 0 radical (unpaired) electrons. The van der Waals surface area contributed by atoms with Crippen LogP contribution in [0.4, 0.5) is 0 Å². The summed E-state index contributed by atoms with van der Waals surface area (Å²) in [6.07, 6.45) is 6.79. The molecular formula is C16H24O3. The standard InChI is InChI=1S/C16H24O3/c1-11-9-12-15(4,14(2,3)10-11)8-7-13(17)16(12,18-5)19-6/h7-8,10,12H,9H2,1-6H3/t12-,15-/m0/s1. The van der Waals surface area contributed by atoms with Gasteiger partial charge in [-0.15, -0.1) is 0 Å². The zero-order valence-corrected chi connectivity index (χ0v) is 12.7. The first-order valence-electron chi connectivity index (χ1n) is 6.76. The Morgan fingerprint density at radius 2 is 1.79 bits per heavy atom. The van der Waals surface area contributed by atoms with Crippen molar-refractivity contribution in [2.45, 2.75) is 39.9 Å². The molecule has 0 amide bonds. The molecule has 0 unspecified atom stereocenters. The van der Waals surface area contributed by atoms with Crippen LogP contribution in [-0.2, 0) is 14.3 Å². The maximum absolute atomic E-state index is 12.3. The molecular weight excluding hydrogens is 240 g/mol. The summed E-state index contributed by atoms with van der Waals surface area (Å²) in [5.41, 5.74) is 1.08. The normalized spacial score (nSPS) is 35.8. The number of fused-ring (bicyclic) bond motifs is 1.